The van der Waals surface area contributed by atoms with Crippen molar-refractivity contribution in [1.82, 2.24) is 9.55 Å². The number of fused-ring (bicyclic) bond motifs is 1. The third-order valence-corrected chi connectivity index (χ3v) is 3.86. The third-order valence-electron chi connectivity index (χ3n) is 3.86. The van der Waals surface area contributed by atoms with Crippen molar-refractivity contribution in [1.29, 1.82) is 0 Å². The van der Waals surface area contributed by atoms with Crippen LogP contribution < -0.4 is 0 Å². The van der Waals surface area contributed by atoms with Gasteiger partial charge in [-0.05, 0) is 44.7 Å². The average Bonchev–Trinajstić information content (AvgIpc) is 2.90. The fourth-order valence-electron chi connectivity index (χ4n) is 2.81. The summed E-state index contributed by atoms with van der Waals surface area (Å²) in [7, 11) is 0. The first-order valence-corrected chi connectivity index (χ1v) is 6.93. The molecule has 0 N–H and O–H groups in total. The van der Waals surface area contributed by atoms with Crippen molar-refractivity contribution in [3.8, 4) is 5.69 Å². The molecule has 6 heteroatoms. The molecular weight excluding hydrogens is 270 g/mol. The lowest BCUT2D eigenvalue weighted by Gasteiger charge is -2.14. The lowest BCUT2D eigenvalue weighted by Crippen LogP contribution is -2.08. The molecule has 3 rings (SSSR count). The zero-order valence-corrected chi connectivity index (χ0v) is 11.7. The van der Waals surface area contributed by atoms with Gasteiger partial charge in [0.15, 0.2) is 5.78 Å². The van der Waals surface area contributed by atoms with Crippen molar-refractivity contribution in [2.45, 2.75) is 32.6 Å². The first kappa shape index (κ1) is 13.5. The van der Waals surface area contributed by atoms with Crippen LogP contribution in [0.1, 0.15) is 41.5 Å². The molecule has 0 saturated carbocycles. The summed E-state index contributed by atoms with van der Waals surface area (Å²) in [4.78, 5) is 26.5. The van der Waals surface area contributed by atoms with E-state index in [0.717, 1.165) is 42.8 Å². The smallest absolute Gasteiger partial charge is 0.280 e. The first-order chi connectivity index (χ1) is 10.1. The number of Topliss-reactive ketones (excluding diaryl/α,β-unsaturated/α-hetero) is 1. The number of ketones is 1. The number of aryl methyl sites for hydroxylation is 1. The molecule has 0 bridgehead atoms. The molecule has 21 heavy (non-hydrogen) atoms. The second-order valence-electron chi connectivity index (χ2n) is 5.23. The molecule has 0 unspecified atom stereocenters. The summed E-state index contributed by atoms with van der Waals surface area (Å²) in [6, 6.07) is 4.64. The summed E-state index contributed by atoms with van der Waals surface area (Å²) in [6.07, 6.45) is 5.91. The number of nitrogens with zero attached hydrogens (tertiary/aromatic N) is 3. The van der Waals surface area contributed by atoms with Crippen LogP contribution in [0, 0.1) is 10.1 Å². The fourth-order valence-corrected chi connectivity index (χ4v) is 2.81. The van der Waals surface area contributed by atoms with Gasteiger partial charge in [0.1, 0.15) is 0 Å². The summed E-state index contributed by atoms with van der Waals surface area (Å²) in [5.41, 5.74) is 2.96. The van der Waals surface area contributed by atoms with Gasteiger partial charge in [0.2, 0.25) is 0 Å². The number of carbonyl (C=O) groups is 1. The van der Waals surface area contributed by atoms with Gasteiger partial charge >= 0.3 is 0 Å². The maximum Gasteiger partial charge on any atom is 0.280 e. The number of hydrogen-bond donors (Lipinski definition) is 0. The molecule has 0 radical (unpaired) electrons. The van der Waals surface area contributed by atoms with Gasteiger partial charge in [0.05, 0.1) is 22.5 Å². The number of carbonyl (C=O) groups excluding carboxylic acids is 1. The van der Waals surface area contributed by atoms with Gasteiger partial charge in [-0.1, -0.05) is 0 Å². The van der Waals surface area contributed by atoms with E-state index in [-0.39, 0.29) is 17.0 Å². The SMILES string of the molecule is CC(=O)c1cc(-n2cnc3c2CCCC3)ccc1[N+](=O)[O-]. The van der Waals surface area contributed by atoms with Crippen LogP contribution in [0.3, 0.4) is 0 Å². The van der Waals surface area contributed by atoms with Gasteiger partial charge in [-0.2, -0.15) is 0 Å². The Labute approximate surface area is 121 Å². The summed E-state index contributed by atoms with van der Waals surface area (Å²) in [5, 5.41) is 11.0. The Hall–Kier alpha value is -2.50. The zero-order chi connectivity index (χ0) is 15.0. The van der Waals surface area contributed by atoms with Crippen molar-refractivity contribution < 1.29 is 9.72 Å². The van der Waals surface area contributed by atoms with E-state index in [1.807, 2.05) is 4.57 Å². The van der Waals surface area contributed by atoms with E-state index in [1.54, 1.807) is 18.5 Å². The molecule has 1 aromatic carbocycles. The van der Waals surface area contributed by atoms with Crippen LogP contribution in [0.5, 0.6) is 0 Å². The average molecular weight is 285 g/mol. The van der Waals surface area contributed by atoms with Gasteiger partial charge in [-0.25, -0.2) is 4.98 Å². The van der Waals surface area contributed by atoms with Gasteiger partial charge in [-0.3, -0.25) is 14.9 Å². The van der Waals surface area contributed by atoms with E-state index in [2.05, 4.69) is 4.98 Å². The lowest BCUT2D eigenvalue weighted by molar-refractivity contribution is -0.385. The number of benzene rings is 1. The second-order valence-corrected chi connectivity index (χ2v) is 5.23. The normalized spacial score (nSPS) is 13.8. The summed E-state index contributed by atoms with van der Waals surface area (Å²) < 4.78 is 1.94. The third kappa shape index (κ3) is 2.33. The maximum absolute atomic E-state index is 11.7. The molecular formula is C15H15N3O3. The van der Waals surface area contributed by atoms with Crippen molar-refractivity contribution in [3.05, 3.63) is 51.6 Å². The molecule has 1 heterocycles. The Balaban J connectivity index is 2.11. The van der Waals surface area contributed by atoms with Crippen LogP contribution in [0.15, 0.2) is 24.5 Å². The Morgan fingerprint density at radius 1 is 1.33 bits per heavy atom. The van der Waals surface area contributed by atoms with Gasteiger partial charge in [0, 0.05) is 17.4 Å². The van der Waals surface area contributed by atoms with Crippen LogP contribution in [-0.4, -0.2) is 20.3 Å². The minimum absolute atomic E-state index is 0.135. The Morgan fingerprint density at radius 2 is 2.10 bits per heavy atom. The van der Waals surface area contributed by atoms with Crippen LogP contribution in [-0.2, 0) is 12.8 Å². The maximum atomic E-state index is 11.7. The molecule has 0 spiro atoms. The number of nitro benzene ring substituents is 1. The summed E-state index contributed by atoms with van der Waals surface area (Å²) in [6.45, 7) is 1.34. The Kier molecular flexibility index (Phi) is 3.29. The Morgan fingerprint density at radius 3 is 2.81 bits per heavy atom. The topological polar surface area (TPSA) is 78.0 Å². The zero-order valence-electron chi connectivity index (χ0n) is 11.7. The van der Waals surface area contributed by atoms with E-state index in [1.165, 1.54) is 13.0 Å². The lowest BCUT2D eigenvalue weighted by atomic mass is 10.0. The quantitative estimate of drug-likeness (QED) is 0.493. The van der Waals surface area contributed by atoms with Crippen molar-refractivity contribution in [3.63, 3.8) is 0 Å². The molecule has 1 aliphatic rings. The van der Waals surface area contributed by atoms with Crippen LogP contribution in [0.25, 0.3) is 5.69 Å². The monoisotopic (exact) mass is 285 g/mol. The van der Waals surface area contributed by atoms with Gasteiger partial charge < -0.3 is 4.57 Å². The first-order valence-electron chi connectivity index (χ1n) is 6.93. The molecule has 0 fully saturated rings. The molecule has 0 aliphatic heterocycles. The highest BCUT2D eigenvalue weighted by atomic mass is 16.6. The van der Waals surface area contributed by atoms with Crippen molar-refractivity contribution in [2.24, 2.45) is 0 Å². The number of imidazole rings is 1. The molecule has 0 atom stereocenters. The highest BCUT2D eigenvalue weighted by molar-refractivity contribution is 5.98. The highest BCUT2D eigenvalue weighted by Gasteiger charge is 2.20. The predicted molar refractivity (Wildman–Crippen MR) is 76.9 cm³/mol. The number of hydrogen-bond acceptors (Lipinski definition) is 4. The van der Waals surface area contributed by atoms with Gasteiger partial charge in [0.25, 0.3) is 5.69 Å². The molecule has 2 aromatic rings. The Bertz CT molecular complexity index is 734. The standard InChI is InChI=1S/C15H15N3O3/c1-10(19)12-8-11(6-7-14(12)18(20)21)17-9-16-13-4-2-3-5-15(13)17/h6-9H,2-5H2,1H3. The van der Waals surface area contributed by atoms with Crippen LogP contribution >= 0.6 is 0 Å². The molecule has 108 valence electrons. The number of nitro groups is 1. The number of aromatic nitrogens is 2. The fraction of sp³-hybridized carbons (Fsp3) is 0.333. The molecule has 0 amide bonds. The summed E-state index contributed by atoms with van der Waals surface area (Å²) in [5.74, 6) is -0.308. The molecule has 6 nitrogen and oxygen atoms in total. The van der Waals surface area contributed by atoms with Crippen LogP contribution in [0.4, 0.5) is 5.69 Å². The second kappa shape index (κ2) is 5.12. The summed E-state index contributed by atoms with van der Waals surface area (Å²) >= 11 is 0. The van der Waals surface area contributed by atoms with Gasteiger partial charge in [-0.15, -0.1) is 0 Å². The highest BCUT2D eigenvalue weighted by Crippen LogP contribution is 2.26. The minimum atomic E-state index is -0.524. The molecule has 1 aromatic heterocycles. The van der Waals surface area contributed by atoms with E-state index in [9.17, 15) is 14.9 Å². The van der Waals surface area contributed by atoms with E-state index >= 15 is 0 Å². The molecule has 1 aliphatic carbocycles. The predicted octanol–water partition coefficient (Wildman–Crippen LogP) is 2.86. The largest absolute Gasteiger partial charge is 0.303 e. The van der Waals surface area contributed by atoms with Crippen molar-refractivity contribution in [2.75, 3.05) is 0 Å². The minimum Gasteiger partial charge on any atom is -0.303 e. The van der Waals surface area contributed by atoms with Crippen LogP contribution in [0.2, 0.25) is 0 Å². The van der Waals surface area contributed by atoms with Crippen molar-refractivity contribution >= 4 is 11.5 Å². The van der Waals surface area contributed by atoms with E-state index < -0.39 is 4.92 Å². The van der Waals surface area contributed by atoms with E-state index in [4.69, 9.17) is 0 Å². The van der Waals surface area contributed by atoms with E-state index in [0.29, 0.717) is 0 Å². The molecule has 0 saturated heterocycles. The number of rotatable bonds is 3.